The molecule has 5 heteroatoms. The van der Waals surface area contributed by atoms with Gasteiger partial charge in [0, 0.05) is 0 Å². The molecule has 2 atom stereocenters. The van der Waals surface area contributed by atoms with E-state index < -0.39 is 24.0 Å². The molecule has 1 saturated carbocycles. The summed E-state index contributed by atoms with van der Waals surface area (Å²) in [6, 6.07) is -0.866. The van der Waals surface area contributed by atoms with Crippen LogP contribution in [0.5, 0.6) is 0 Å². The number of hydrogen-bond donors (Lipinski definition) is 3. The third-order valence-corrected chi connectivity index (χ3v) is 3.68. The summed E-state index contributed by atoms with van der Waals surface area (Å²) in [5.74, 6) is -1.39. The van der Waals surface area contributed by atoms with Gasteiger partial charge in [0.25, 0.3) is 0 Å². The average molecular weight is 271 g/mol. The van der Waals surface area contributed by atoms with Crippen LogP contribution in [0.15, 0.2) is 0 Å². The lowest BCUT2D eigenvalue weighted by Crippen LogP contribution is -2.50. The fourth-order valence-electron chi connectivity index (χ4n) is 2.65. The topological polar surface area (TPSA) is 86.6 Å². The van der Waals surface area contributed by atoms with Gasteiger partial charge in [-0.25, -0.2) is 4.79 Å². The summed E-state index contributed by atoms with van der Waals surface area (Å²) < 4.78 is 0. The zero-order valence-corrected chi connectivity index (χ0v) is 11.8. The molecule has 1 aliphatic rings. The van der Waals surface area contributed by atoms with Crippen LogP contribution in [0.2, 0.25) is 0 Å². The van der Waals surface area contributed by atoms with Crippen molar-refractivity contribution in [2.75, 3.05) is 0 Å². The highest BCUT2D eigenvalue weighted by molar-refractivity contribution is 5.86. The van der Waals surface area contributed by atoms with Crippen molar-refractivity contribution in [1.29, 1.82) is 0 Å². The summed E-state index contributed by atoms with van der Waals surface area (Å²) >= 11 is 0. The first-order valence-electron chi connectivity index (χ1n) is 7.13. The monoisotopic (exact) mass is 271 g/mol. The average Bonchev–Trinajstić information content (AvgIpc) is 2.35. The second kappa shape index (κ2) is 7.48. The van der Waals surface area contributed by atoms with Gasteiger partial charge in [0.1, 0.15) is 12.1 Å². The maximum Gasteiger partial charge on any atom is 0.326 e. The van der Waals surface area contributed by atoms with Crippen molar-refractivity contribution in [3.8, 4) is 0 Å². The first kappa shape index (κ1) is 16.0. The lowest BCUT2D eigenvalue weighted by Gasteiger charge is -2.28. The molecule has 19 heavy (non-hydrogen) atoms. The van der Waals surface area contributed by atoms with E-state index in [1.165, 1.54) is 0 Å². The van der Waals surface area contributed by atoms with Crippen LogP contribution in [0.1, 0.15) is 52.4 Å². The molecule has 0 saturated heterocycles. The van der Waals surface area contributed by atoms with Crippen molar-refractivity contribution in [3.63, 3.8) is 0 Å². The number of carboxylic acids is 1. The second-order valence-electron chi connectivity index (χ2n) is 5.87. The number of aliphatic hydroxyl groups excluding tert-OH is 1. The quantitative estimate of drug-likeness (QED) is 0.684. The molecule has 0 aromatic rings. The molecule has 0 bridgehead atoms. The molecule has 110 valence electrons. The van der Waals surface area contributed by atoms with Crippen LogP contribution in [0.4, 0.5) is 0 Å². The smallest absolute Gasteiger partial charge is 0.326 e. The Balaban J connectivity index is 2.57. The van der Waals surface area contributed by atoms with Crippen LogP contribution in [0.25, 0.3) is 0 Å². The van der Waals surface area contributed by atoms with Gasteiger partial charge in [-0.3, -0.25) is 4.79 Å². The van der Waals surface area contributed by atoms with Crippen molar-refractivity contribution in [2.24, 2.45) is 11.8 Å². The molecule has 0 spiro atoms. The second-order valence-corrected chi connectivity index (χ2v) is 5.87. The minimum absolute atomic E-state index is 0.0125. The van der Waals surface area contributed by atoms with E-state index in [1.54, 1.807) is 0 Å². The van der Waals surface area contributed by atoms with E-state index >= 15 is 0 Å². The minimum Gasteiger partial charge on any atom is -0.480 e. The molecule has 1 rings (SSSR count). The molecule has 3 N–H and O–H groups in total. The molecular formula is C14H25NO4. The summed E-state index contributed by atoms with van der Waals surface area (Å²) in [4.78, 5) is 23.1. The zero-order valence-electron chi connectivity index (χ0n) is 11.8. The number of carboxylic acid groups (broad SMARTS) is 1. The van der Waals surface area contributed by atoms with Crippen LogP contribution in [0.3, 0.4) is 0 Å². The highest BCUT2D eigenvalue weighted by atomic mass is 16.4. The lowest BCUT2D eigenvalue weighted by atomic mass is 9.83. The molecule has 0 aromatic heterocycles. The zero-order chi connectivity index (χ0) is 14.4. The Kier molecular flexibility index (Phi) is 6.28. The Morgan fingerprint density at radius 1 is 1.21 bits per heavy atom. The van der Waals surface area contributed by atoms with Gasteiger partial charge in [-0.2, -0.15) is 0 Å². The van der Waals surface area contributed by atoms with Crippen molar-refractivity contribution in [1.82, 2.24) is 5.32 Å². The standard InChI is InChI=1S/C14H25NO4/c1-9(2)8-11(16)13(17)15-12(14(18)19)10-6-4-3-5-7-10/h9-12,16H,3-8H2,1-2H3,(H,15,17)(H,18,19)/t11-,12-/m0/s1. The van der Waals surface area contributed by atoms with E-state index in [1.807, 2.05) is 13.8 Å². The van der Waals surface area contributed by atoms with Crippen LogP contribution in [-0.4, -0.2) is 34.2 Å². The SMILES string of the molecule is CC(C)C[C@H](O)C(=O)N[C@H](C(=O)O)C1CCCCC1. The molecule has 0 radical (unpaired) electrons. The largest absolute Gasteiger partial charge is 0.480 e. The molecule has 0 aromatic carbocycles. The van der Waals surface area contributed by atoms with Crippen LogP contribution >= 0.6 is 0 Å². The van der Waals surface area contributed by atoms with E-state index in [4.69, 9.17) is 0 Å². The van der Waals surface area contributed by atoms with Gasteiger partial charge in [0.15, 0.2) is 0 Å². The van der Waals surface area contributed by atoms with Crippen LogP contribution in [-0.2, 0) is 9.59 Å². The van der Waals surface area contributed by atoms with Crippen molar-refractivity contribution in [3.05, 3.63) is 0 Å². The normalized spacial score (nSPS) is 20.0. The number of carbonyl (C=O) groups excluding carboxylic acids is 1. The number of amides is 1. The fraction of sp³-hybridized carbons (Fsp3) is 0.857. The first-order valence-corrected chi connectivity index (χ1v) is 7.13. The molecule has 5 nitrogen and oxygen atoms in total. The van der Waals surface area contributed by atoms with Gasteiger partial charge in [-0.1, -0.05) is 33.1 Å². The van der Waals surface area contributed by atoms with Crippen molar-refractivity contribution in [2.45, 2.75) is 64.5 Å². The number of carbonyl (C=O) groups is 2. The molecule has 0 unspecified atom stereocenters. The maximum atomic E-state index is 11.8. The van der Waals surface area contributed by atoms with Gasteiger partial charge in [0.2, 0.25) is 5.91 Å². The number of rotatable bonds is 6. The Labute approximate surface area is 114 Å². The summed E-state index contributed by atoms with van der Waals surface area (Å²) in [5.41, 5.74) is 0. The number of aliphatic hydroxyl groups is 1. The first-order chi connectivity index (χ1) is 8.91. The summed E-state index contributed by atoms with van der Waals surface area (Å²) in [7, 11) is 0. The van der Waals surface area contributed by atoms with E-state index in [0.29, 0.717) is 6.42 Å². The summed E-state index contributed by atoms with van der Waals surface area (Å²) in [6.45, 7) is 3.82. The van der Waals surface area contributed by atoms with E-state index in [-0.39, 0.29) is 11.8 Å². The third-order valence-electron chi connectivity index (χ3n) is 3.68. The third kappa shape index (κ3) is 5.19. The Morgan fingerprint density at radius 2 is 1.79 bits per heavy atom. The number of aliphatic carboxylic acids is 1. The molecule has 0 aliphatic heterocycles. The molecule has 0 heterocycles. The minimum atomic E-state index is -1.12. The highest BCUT2D eigenvalue weighted by Gasteiger charge is 2.32. The summed E-state index contributed by atoms with van der Waals surface area (Å²) in [6.07, 6.45) is 4.05. The van der Waals surface area contributed by atoms with E-state index in [2.05, 4.69) is 5.32 Å². The van der Waals surface area contributed by atoms with Crippen LogP contribution < -0.4 is 5.32 Å². The number of nitrogens with one attached hydrogen (secondary N) is 1. The number of hydrogen-bond acceptors (Lipinski definition) is 3. The van der Waals surface area contributed by atoms with Crippen molar-refractivity contribution < 1.29 is 19.8 Å². The highest BCUT2D eigenvalue weighted by Crippen LogP contribution is 2.26. The van der Waals surface area contributed by atoms with Gasteiger partial charge in [-0.05, 0) is 31.1 Å². The fourth-order valence-corrected chi connectivity index (χ4v) is 2.65. The molecule has 1 aliphatic carbocycles. The molecular weight excluding hydrogens is 246 g/mol. The predicted molar refractivity (Wildman–Crippen MR) is 71.6 cm³/mol. The van der Waals surface area contributed by atoms with Crippen molar-refractivity contribution >= 4 is 11.9 Å². The van der Waals surface area contributed by atoms with E-state index in [0.717, 1.165) is 32.1 Å². The van der Waals surface area contributed by atoms with E-state index in [9.17, 15) is 19.8 Å². The summed E-state index contributed by atoms with van der Waals surface area (Å²) in [5, 5.41) is 21.5. The lowest BCUT2D eigenvalue weighted by molar-refractivity contribution is -0.145. The van der Waals surface area contributed by atoms with Gasteiger partial charge >= 0.3 is 5.97 Å². The van der Waals surface area contributed by atoms with Crippen LogP contribution in [0, 0.1) is 11.8 Å². The predicted octanol–water partition coefficient (Wildman–Crippen LogP) is 1.54. The molecule has 1 fully saturated rings. The van der Waals surface area contributed by atoms with Gasteiger partial charge < -0.3 is 15.5 Å². The van der Waals surface area contributed by atoms with Gasteiger partial charge in [-0.15, -0.1) is 0 Å². The Bertz CT molecular complexity index is 311. The Hall–Kier alpha value is -1.10. The Morgan fingerprint density at radius 3 is 2.26 bits per heavy atom. The maximum absolute atomic E-state index is 11.8. The molecule has 1 amide bonds. The van der Waals surface area contributed by atoms with Gasteiger partial charge in [0.05, 0.1) is 0 Å².